The number of ether oxygens (including phenoxy) is 1. The van der Waals surface area contributed by atoms with Crippen LogP contribution in [-0.2, 0) is 4.74 Å². The summed E-state index contributed by atoms with van der Waals surface area (Å²) in [5.74, 6) is 0. The molecule has 7 heteroatoms. The average molecular weight is 206 g/mol. The first-order valence-electron chi connectivity index (χ1n) is 3.69. The van der Waals surface area contributed by atoms with E-state index in [4.69, 9.17) is 10.8 Å². The monoisotopic (exact) mass is 206 g/mol. The van der Waals surface area contributed by atoms with Gasteiger partial charge in [-0.3, -0.25) is 5.32 Å². The lowest BCUT2D eigenvalue weighted by atomic mass is 10.7. The van der Waals surface area contributed by atoms with Crippen molar-refractivity contribution in [3.05, 3.63) is 0 Å². The maximum absolute atomic E-state index is 11.0. The Bertz CT molecular complexity index is 214. The summed E-state index contributed by atoms with van der Waals surface area (Å²) in [4.78, 5) is 20.4. The summed E-state index contributed by atoms with van der Waals surface area (Å²) >= 11 is 0. The Kier molecular flexibility index (Phi) is 5.51. The number of hydrogen-bond donors (Lipinski definition) is 3. The lowest BCUT2D eigenvalue weighted by Crippen LogP contribution is -2.27. The minimum atomic E-state index is -3.20. The summed E-state index contributed by atoms with van der Waals surface area (Å²) in [5, 5.41) is 10.7. The van der Waals surface area contributed by atoms with Crippen molar-refractivity contribution in [1.82, 2.24) is 5.32 Å². The molecule has 4 N–H and O–H groups in total. The zero-order valence-electron chi connectivity index (χ0n) is 7.36. The SMILES string of the molecule is CCOC(=O)[P+](N)(O)CNCC#N. The first-order chi connectivity index (χ1) is 6.04. The molecular weight excluding hydrogens is 193 g/mol. The van der Waals surface area contributed by atoms with Gasteiger partial charge in [0.1, 0.15) is 0 Å². The first-order valence-corrected chi connectivity index (χ1v) is 5.68. The van der Waals surface area contributed by atoms with Crippen molar-refractivity contribution in [2.45, 2.75) is 6.92 Å². The molecule has 0 aliphatic carbocycles. The van der Waals surface area contributed by atoms with Crippen LogP contribution in [0.4, 0.5) is 4.79 Å². The zero-order chi connectivity index (χ0) is 10.3. The molecule has 0 aromatic rings. The Hall–Kier alpha value is -0.730. The highest BCUT2D eigenvalue weighted by atomic mass is 31.2. The first kappa shape index (κ1) is 12.3. The van der Waals surface area contributed by atoms with Crippen molar-refractivity contribution in [2.75, 3.05) is 19.4 Å². The van der Waals surface area contributed by atoms with E-state index in [0.717, 1.165) is 0 Å². The fourth-order valence-electron chi connectivity index (χ4n) is 0.582. The van der Waals surface area contributed by atoms with E-state index < -0.39 is 13.4 Å². The highest BCUT2D eigenvalue weighted by Gasteiger charge is 2.43. The van der Waals surface area contributed by atoms with E-state index in [1.54, 1.807) is 13.0 Å². The van der Waals surface area contributed by atoms with Crippen molar-refractivity contribution in [3.63, 3.8) is 0 Å². The van der Waals surface area contributed by atoms with Crippen molar-refractivity contribution < 1.29 is 14.4 Å². The van der Waals surface area contributed by atoms with Crippen LogP contribution in [0.25, 0.3) is 0 Å². The van der Waals surface area contributed by atoms with E-state index in [1.165, 1.54) is 0 Å². The van der Waals surface area contributed by atoms with Gasteiger partial charge in [-0.25, -0.2) is 9.69 Å². The summed E-state index contributed by atoms with van der Waals surface area (Å²) in [6, 6.07) is 1.80. The molecule has 0 spiro atoms. The largest absolute Gasteiger partial charge is 0.500 e. The molecule has 1 unspecified atom stereocenters. The highest BCUT2D eigenvalue weighted by Crippen LogP contribution is 2.46. The molecule has 0 aliphatic heterocycles. The van der Waals surface area contributed by atoms with E-state index in [1.807, 2.05) is 0 Å². The number of nitriles is 1. The van der Waals surface area contributed by atoms with E-state index >= 15 is 0 Å². The van der Waals surface area contributed by atoms with Gasteiger partial charge < -0.3 is 4.74 Å². The molecule has 13 heavy (non-hydrogen) atoms. The number of carbonyl (C=O) groups is 1. The molecule has 0 rings (SSSR count). The van der Waals surface area contributed by atoms with E-state index in [2.05, 4.69) is 10.1 Å². The van der Waals surface area contributed by atoms with Crippen LogP contribution in [0.2, 0.25) is 0 Å². The van der Waals surface area contributed by atoms with Crippen molar-refractivity contribution >= 4 is 13.4 Å². The quantitative estimate of drug-likeness (QED) is 0.332. The predicted molar refractivity (Wildman–Crippen MR) is 48.8 cm³/mol. The van der Waals surface area contributed by atoms with Crippen LogP contribution in [0.3, 0.4) is 0 Å². The maximum Gasteiger partial charge on any atom is 0.500 e. The smallest absolute Gasteiger partial charge is 0.433 e. The van der Waals surface area contributed by atoms with Gasteiger partial charge in [0.25, 0.3) is 0 Å². The van der Waals surface area contributed by atoms with Gasteiger partial charge in [0.2, 0.25) is 0 Å². The molecule has 1 atom stereocenters. The molecule has 0 saturated carbocycles. The van der Waals surface area contributed by atoms with E-state index in [0.29, 0.717) is 0 Å². The Morgan fingerprint density at radius 1 is 1.85 bits per heavy atom. The minimum Gasteiger partial charge on any atom is -0.433 e. The predicted octanol–water partition coefficient (Wildman–Crippen LogP) is 0.0122. The second-order valence-electron chi connectivity index (χ2n) is 2.27. The van der Waals surface area contributed by atoms with Crippen LogP contribution in [0, 0.1) is 11.3 Å². The summed E-state index contributed by atoms with van der Waals surface area (Å²) in [6.45, 7) is 1.84. The molecule has 0 fully saturated rings. The van der Waals surface area contributed by atoms with Gasteiger partial charge in [-0.1, -0.05) is 0 Å². The van der Waals surface area contributed by atoms with E-state index in [9.17, 15) is 9.69 Å². The summed E-state index contributed by atoms with van der Waals surface area (Å²) in [5.41, 5.74) is 4.52. The van der Waals surface area contributed by atoms with Crippen LogP contribution in [0.1, 0.15) is 6.92 Å². The lowest BCUT2D eigenvalue weighted by Gasteiger charge is -2.10. The number of rotatable bonds is 5. The Morgan fingerprint density at radius 3 is 2.92 bits per heavy atom. The number of carbonyl (C=O) groups excluding carboxylic acids is 1. The third kappa shape index (κ3) is 4.76. The van der Waals surface area contributed by atoms with Crippen LogP contribution in [-0.4, -0.2) is 30.0 Å². The molecule has 0 amide bonds. The maximum atomic E-state index is 11.0. The van der Waals surface area contributed by atoms with Gasteiger partial charge in [0.15, 0.2) is 6.29 Å². The van der Waals surface area contributed by atoms with Crippen molar-refractivity contribution in [3.8, 4) is 6.07 Å². The molecule has 0 aromatic carbocycles. The summed E-state index contributed by atoms with van der Waals surface area (Å²) < 4.78 is 4.55. The number of nitrogens with one attached hydrogen (secondary N) is 1. The fourth-order valence-corrected chi connectivity index (χ4v) is 1.52. The highest BCUT2D eigenvalue weighted by molar-refractivity contribution is 7.83. The number of nitrogens with zero attached hydrogens (tertiary/aromatic N) is 1. The number of nitrogens with two attached hydrogens (primary N) is 1. The molecule has 0 radical (unpaired) electrons. The Morgan fingerprint density at radius 2 is 2.46 bits per heavy atom. The summed E-state index contributed by atoms with van der Waals surface area (Å²) in [6.07, 6.45) is -0.0978. The molecular formula is C6H13N3O3P+. The van der Waals surface area contributed by atoms with Gasteiger partial charge in [-0.2, -0.15) is 10.8 Å². The standard InChI is InChI=1S/C6H13N3O3P/c1-2-12-6(10)13(8,11)5-9-4-3-7/h9,11H,2,4-5,8H2,1H3/q+1. The molecule has 6 nitrogen and oxygen atoms in total. The molecule has 0 heterocycles. The third-order valence-corrected chi connectivity index (χ3v) is 2.61. The summed E-state index contributed by atoms with van der Waals surface area (Å²) in [7, 11) is -3.20. The number of hydrogen-bond acceptors (Lipinski definition) is 6. The van der Waals surface area contributed by atoms with Gasteiger partial charge in [0, 0.05) is 0 Å². The van der Waals surface area contributed by atoms with Gasteiger partial charge in [0.05, 0.1) is 19.2 Å². The molecule has 74 valence electrons. The Balaban J connectivity index is 3.92. The van der Waals surface area contributed by atoms with Crippen LogP contribution in [0.15, 0.2) is 0 Å². The third-order valence-electron chi connectivity index (χ3n) is 1.14. The molecule has 0 bridgehead atoms. The van der Waals surface area contributed by atoms with Gasteiger partial charge >= 0.3 is 13.4 Å². The average Bonchev–Trinajstić information content (AvgIpc) is 2.05. The zero-order valence-corrected chi connectivity index (χ0v) is 8.25. The lowest BCUT2D eigenvalue weighted by molar-refractivity contribution is 0.176. The van der Waals surface area contributed by atoms with Crippen molar-refractivity contribution in [2.24, 2.45) is 5.50 Å². The minimum absolute atomic E-state index is 0.0406. The fraction of sp³-hybridized carbons (Fsp3) is 0.667. The second-order valence-corrected chi connectivity index (χ2v) is 4.60. The van der Waals surface area contributed by atoms with Gasteiger partial charge in [-0.05, 0) is 6.92 Å². The van der Waals surface area contributed by atoms with Crippen molar-refractivity contribution in [1.29, 1.82) is 5.26 Å². The second kappa shape index (κ2) is 5.84. The van der Waals surface area contributed by atoms with Crippen LogP contribution < -0.4 is 10.8 Å². The van der Waals surface area contributed by atoms with Gasteiger partial charge in [-0.15, -0.1) is 0 Å². The van der Waals surface area contributed by atoms with E-state index in [-0.39, 0.29) is 19.4 Å². The topological polar surface area (TPSA) is 108 Å². The molecule has 0 aliphatic rings. The normalized spacial score (nSPS) is 14.3. The molecule has 0 aromatic heterocycles. The molecule has 0 saturated heterocycles. The Labute approximate surface area is 77.1 Å². The van der Waals surface area contributed by atoms with Crippen LogP contribution in [0.5, 0.6) is 0 Å². The van der Waals surface area contributed by atoms with Crippen LogP contribution >= 0.6 is 7.64 Å².